The standard InChI is InChI=1S/C17H29N5OS/c1-2-7-15-18-19-17(24-15)22-12-10-20(11-13-22)14-16(23)21-8-5-3-4-6-9-21/h2-14H2,1H3. The van der Waals surface area contributed by atoms with Gasteiger partial charge in [-0.25, -0.2) is 0 Å². The van der Waals surface area contributed by atoms with E-state index in [1.807, 2.05) is 0 Å². The van der Waals surface area contributed by atoms with E-state index in [4.69, 9.17) is 0 Å². The minimum atomic E-state index is 0.312. The monoisotopic (exact) mass is 351 g/mol. The third kappa shape index (κ3) is 4.66. The summed E-state index contributed by atoms with van der Waals surface area (Å²) in [5, 5.41) is 10.8. The second-order valence-electron chi connectivity index (χ2n) is 6.79. The Kier molecular flexibility index (Phi) is 6.43. The number of rotatable bonds is 5. The van der Waals surface area contributed by atoms with Crippen molar-refractivity contribution < 1.29 is 4.79 Å². The molecule has 24 heavy (non-hydrogen) atoms. The van der Waals surface area contributed by atoms with Gasteiger partial charge in [0.25, 0.3) is 0 Å². The summed E-state index contributed by atoms with van der Waals surface area (Å²) in [6, 6.07) is 0. The van der Waals surface area contributed by atoms with Crippen LogP contribution in [0.3, 0.4) is 0 Å². The van der Waals surface area contributed by atoms with Gasteiger partial charge in [0.2, 0.25) is 11.0 Å². The first-order chi connectivity index (χ1) is 11.8. The van der Waals surface area contributed by atoms with Crippen LogP contribution in [0.5, 0.6) is 0 Å². The molecule has 1 amide bonds. The van der Waals surface area contributed by atoms with Gasteiger partial charge in [-0.1, -0.05) is 31.1 Å². The summed E-state index contributed by atoms with van der Waals surface area (Å²) in [5.41, 5.74) is 0. The number of anilines is 1. The number of likely N-dealkylation sites (tertiary alicyclic amines) is 1. The summed E-state index contributed by atoms with van der Waals surface area (Å²) in [7, 11) is 0. The molecule has 0 atom stereocenters. The number of aryl methyl sites for hydroxylation is 1. The first-order valence-electron chi connectivity index (χ1n) is 9.33. The van der Waals surface area contributed by atoms with Gasteiger partial charge in [0.1, 0.15) is 5.01 Å². The summed E-state index contributed by atoms with van der Waals surface area (Å²) in [6.45, 7) is 8.38. The molecule has 1 aromatic heterocycles. The summed E-state index contributed by atoms with van der Waals surface area (Å²) < 4.78 is 0. The predicted molar refractivity (Wildman–Crippen MR) is 97.6 cm³/mol. The van der Waals surface area contributed by atoms with E-state index in [2.05, 4.69) is 31.8 Å². The molecule has 0 aliphatic carbocycles. The van der Waals surface area contributed by atoms with E-state index < -0.39 is 0 Å². The molecule has 0 aromatic carbocycles. The van der Waals surface area contributed by atoms with E-state index in [9.17, 15) is 4.79 Å². The fraction of sp³-hybridized carbons (Fsp3) is 0.824. The molecule has 0 unspecified atom stereocenters. The van der Waals surface area contributed by atoms with E-state index in [0.717, 1.165) is 75.1 Å². The van der Waals surface area contributed by atoms with Crippen LogP contribution >= 0.6 is 11.3 Å². The Labute approximate surface area is 148 Å². The number of piperazine rings is 1. The predicted octanol–water partition coefficient (Wildman–Crippen LogP) is 2.02. The molecule has 0 bridgehead atoms. The maximum Gasteiger partial charge on any atom is 0.236 e. The van der Waals surface area contributed by atoms with Crippen molar-refractivity contribution in [2.75, 3.05) is 50.7 Å². The largest absolute Gasteiger partial charge is 0.344 e. The van der Waals surface area contributed by atoms with Gasteiger partial charge in [0.05, 0.1) is 6.54 Å². The highest BCUT2D eigenvalue weighted by Gasteiger charge is 2.23. The van der Waals surface area contributed by atoms with Gasteiger partial charge in [-0.15, -0.1) is 10.2 Å². The quantitative estimate of drug-likeness (QED) is 0.812. The van der Waals surface area contributed by atoms with Crippen LogP contribution in [-0.4, -0.2) is 71.7 Å². The second kappa shape index (κ2) is 8.76. The molecule has 2 aliphatic rings. The average molecular weight is 352 g/mol. The third-order valence-corrected chi connectivity index (χ3v) is 5.92. The van der Waals surface area contributed by atoms with Gasteiger partial charge in [-0.3, -0.25) is 9.69 Å². The van der Waals surface area contributed by atoms with Crippen molar-refractivity contribution in [1.82, 2.24) is 20.0 Å². The summed E-state index contributed by atoms with van der Waals surface area (Å²) in [5.74, 6) is 0.312. The van der Waals surface area contributed by atoms with Crippen LogP contribution in [-0.2, 0) is 11.2 Å². The molecule has 6 nitrogen and oxygen atoms in total. The normalized spacial score (nSPS) is 20.2. The molecular weight excluding hydrogens is 322 g/mol. The number of carbonyl (C=O) groups excluding carboxylic acids is 1. The maximum absolute atomic E-state index is 12.5. The number of aromatic nitrogens is 2. The lowest BCUT2D eigenvalue weighted by atomic mass is 10.2. The van der Waals surface area contributed by atoms with E-state index in [1.54, 1.807) is 11.3 Å². The molecule has 7 heteroatoms. The van der Waals surface area contributed by atoms with Crippen LogP contribution in [0.4, 0.5) is 5.13 Å². The maximum atomic E-state index is 12.5. The Balaban J connectivity index is 1.45. The Morgan fingerprint density at radius 3 is 2.38 bits per heavy atom. The number of hydrogen-bond donors (Lipinski definition) is 0. The van der Waals surface area contributed by atoms with Crippen LogP contribution in [0.1, 0.15) is 44.0 Å². The van der Waals surface area contributed by atoms with E-state index in [1.165, 1.54) is 12.8 Å². The lowest BCUT2D eigenvalue weighted by Crippen LogP contribution is -2.50. The average Bonchev–Trinajstić information content (AvgIpc) is 2.89. The Morgan fingerprint density at radius 2 is 1.71 bits per heavy atom. The summed E-state index contributed by atoms with van der Waals surface area (Å²) >= 11 is 1.71. The molecule has 1 aromatic rings. The van der Waals surface area contributed by atoms with Gasteiger partial charge in [0.15, 0.2) is 0 Å². The molecular formula is C17H29N5OS. The van der Waals surface area contributed by atoms with Gasteiger partial charge in [0, 0.05) is 45.7 Å². The summed E-state index contributed by atoms with van der Waals surface area (Å²) in [6.07, 6.45) is 6.99. The molecule has 0 N–H and O–H groups in total. The highest BCUT2D eigenvalue weighted by Crippen LogP contribution is 2.22. The van der Waals surface area contributed by atoms with E-state index in [-0.39, 0.29) is 0 Å². The SMILES string of the molecule is CCCc1nnc(N2CCN(CC(=O)N3CCCCCC3)CC2)s1. The van der Waals surface area contributed by atoms with Crippen LogP contribution in [0.15, 0.2) is 0 Å². The first-order valence-corrected chi connectivity index (χ1v) is 10.2. The molecule has 3 heterocycles. The minimum Gasteiger partial charge on any atom is -0.344 e. The molecule has 134 valence electrons. The highest BCUT2D eigenvalue weighted by molar-refractivity contribution is 7.15. The molecule has 2 saturated heterocycles. The smallest absolute Gasteiger partial charge is 0.236 e. The van der Waals surface area contributed by atoms with E-state index in [0.29, 0.717) is 12.5 Å². The Bertz CT molecular complexity index is 519. The van der Waals surface area contributed by atoms with Gasteiger partial charge < -0.3 is 9.80 Å². The van der Waals surface area contributed by atoms with Crippen molar-refractivity contribution in [1.29, 1.82) is 0 Å². The summed E-state index contributed by atoms with van der Waals surface area (Å²) in [4.78, 5) is 19.2. The van der Waals surface area contributed by atoms with Crippen molar-refractivity contribution in [2.24, 2.45) is 0 Å². The molecule has 2 fully saturated rings. The number of amides is 1. The third-order valence-electron chi connectivity index (χ3n) is 4.88. The fourth-order valence-electron chi connectivity index (χ4n) is 3.40. The van der Waals surface area contributed by atoms with Crippen molar-refractivity contribution in [3.63, 3.8) is 0 Å². The first kappa shape index (κ1) is 17.6. The van der Waals surface area contributed by atoms with Crippen molar-refractivity contribution >= 4 is 22.4 Å². The zero-order chi connectivity index (χ0) is 16.8. The van der Waals surface area contributed by atoms with Gasteiger partial charge >= 0.3 is 0 Å². The van der Waals surface area contributed by atoms with Crippen LogP contribution < -0.4 is 4.90 Å². The van der Waals surface area contributed by atoms with Crippen LogP contribution in [0.25, 0.3) is 0 Å². The molecule has 3 rings (SSSR count). The Hall–Kier alpha value is -1.21. The second-order valence-corrected chi connectivity index (χ2v) is 7.83. The zero-order valence-electron chi connectivity index (χ0n) is 14.7. The molecule has 0 spiro atoms. The zero-order valence-corrected chi connectivity index (χ0v) is 15.6. The molecule has 0 saturated carbocycles. The lowest BCUT2D eigenvalue weighted by Gasteiger charge is -2.35. The number of carbonyl (C=O) groups is 1. The Morgan fingerprint density at radius 1 is 1.00 bits per heavy atom. The number of hydrogen-bond acceptors (Lipinski definition) is 6. The minimum absolute atomic E-state index is 0.312. The van der Waals surface area contributed by atoms with Gasteiger partial charge in [-0.05, 0) is 19.3 Å². The van der Waals surface area contributed by atoms with Crippen molar-refractivity contribution in [3.8, 4) is 0 Å². The van der Waals surface area contributed by atoms with Crippen molar-refractivity contribution in [3.05, 3.63) is 5.01 Å². The van der Waals surface area contributed by atoms with Crippen LogP contribution in [0, 0.1) is 0 Å². The highest BCUT2D eigenvalue weighted by atomic mass is 32.1. The number of nitrogens with zero attached hydrogens (tertiary/aromatic N) is 5. The van der Waals surface area contributed by atoms with E-state index >= 15 is 0 Å². The fourth-order valence-corrected chi connectivity index (χ4v) is 4.39. The van der Waals surface area contributed by atoms with Crippen molar-refractivity contribution in [2.45, 2.75) is 45.4 Å². The lowest BCUT2D eigenvalue weighted by molar-refractivity contribution is -0.132. The molecule has 2 aliphatic heterocycles. The van der Waals surface area contributed by atoms with Crippen LogP contribution in [0.2, 0.25) is 0 Å². The molecule has 0 radical (unpaired) electrons. The topological polar surface area (TPSA) is 52.6 Å². The van der Waals surface area contributed by atoms with Gasteiger partial charge in [-0.2, -0.15) is 0 Å².